The van der Waals surface area contributed by atoms with Crippen LogP contribution in [0, 0.1) is 0 Å². The van der Waals surface area contributed by atoms with Gasteiger partial charge in [-0.25, -0.2) is 0 Å². The number of fused-ring (bicyclic) bond motifs is 1. The Morgan fingerprint density at radius 1 is 0.824 bits per heavy atom. The molecule has 0 aliphatic rings. The van der Waals surface area contributed by atoms with E-state index < -0.39 is 0 Å². The van der Waals surface area contributed by atoms with E-state index >= 15 is 0 Å². The van der Waals surface area contributed by atoms with Gasteiger partial charge in [-0.05, 0) is 53.2 Å². The standard InChI is InChI=1S/C28H25N3O2S/c1-19(20-10-3-2-4-11-20)29-27(33)24-16-7-8-17-25(24)30-28(34)31-26(32)18-22-14-9-13-21-12-5-6-15-23(21)22/h2-17,19H,18H2,1H3,(H,29,33)(H2,30,31,32,34). The normalized spacial score (nSPS) is 11.4. The first-order chi connectivity index (χ1) is 16.5. The van der Waals surface area contributed by atoms with E-state index in [-0.39, 0.29) is 29.4 Å². The molecule has 0 fully saturated rings. The molecule has 0 saturated carbocycles. The zero-order chi connectivity index (χ0) is 23.9. The van der Waals surface area contributed by atoms with Crippen LogP contribution in [0.2, 0.25) is 0 Å². The van der Waals surface area contributed by atoms with Crippen LogP contribution < -0.4 is 16.0 Å². The van der Waals surface area contributed by atoms with E-state index in [1.54, 1.807) is 24.3 Å². The Morgan fingerprint density at radius 3 is 2.32 bits per heavy atom. The lowest BCUT2D eigenvalue weighted by Crippen LogP contribution is -2.36. The molecule has 5 nitrogen and oxygen atoms in total. The third-order valence-electron chi connectivity index (χ3n) is 5.55. The van der Waals surface area contributed by atoms with Gasteiger partial charge in [0, 0.05) is 0 Å². The van der Waals surface area contributed by atoms with Crippen molar-refractivity contribution < 1.29 is 9.59 Å². The molecular weight excluding hydrogens is 442 g/mol. The zero-order valence-electron chi connectivity index (χ0n) is 18.7. The third-order valence-corrected chi connectivity index (χ3v) is 5.76. The molecule has 0 saturated heterocycles. The minimum absolute atomic E-state index is 0.140. The molecule has 3 N–H and O–H groups in total. The number of thiocarbonyl (C=S) groups is 1. The molecule has 0 radical (unpaired) electrons. The lowest BCUT2D eigenvalue weighted by molar-refractivity contribution is -0.119. The highest BCUT2D eigenvalue weighted by atomic mass is 32.1. The van der Waals surface area contributed by atoms with Crippen molar-refractivity contribution in [3.63, 3.8) is 0 Å². The summed E-state index contributed by atoms with van der Waals surface area (Å²) in [4.78, 5) is 25.6. The Hall–Kier alpha value is -4.03. The summed E-state index contributed by atoms with van der Waals surface area (Å²) in [6.45, 7) is 1.93. The van der Waals surface area contributed by atoms with Crippen LogP contribution in [0.3, 0.4) is 0 Å². The molecule has 0 spiro atoms. The number of amides is 2. The van der Waals surface area contributed by atoms with Crippen molar-refractivity contribution in [1.82, 2.24) is 10.6 Å². The molecule has 170 valence electrons. The van der Waals surface area contributed by atoms with Gasteiger partial charge in [0.05, 0.1) is 23.7 Å². The van der Waals surface area contributed by atoms with E-state index in [4.69, 9.17) is 12.2 Å². The van der Waals surface area contributed by atoms with Crippen molar-refractivity contribution in [2.24, 2.45) is 0 Å². The highest BCUT2D eigenvalue weighted by molar-refractivity contribution is 7.80. The Labute approximate surface area is 204 Å². The van der Waals surface area contributed by atoms with E-state index in [0.29, 0.717) is 11.3 Å². The SMILES string of the molecule is CC(NC(=O)c1ccccc1NC(=S)NC(=O)Cc1cccc2ccccc12)c1ccccc1. The predicted octanol–water partition coefficient (Wildman–Crippen LogP) is 5.39. The van der Waals surface area contributed by atoms with Crippen molar-refractivity contribution in [2.75, 3.05) is 5.32 Å². The number of hydrogen-bond acceptors (Lipinski definition) is 3. The van der Waals surface area contributed by atoms with E-state index in [2.05, 4.69) is 16.0 Å². The first kappa shape index (κ1) is 23.1. The molecule has 2 amide bonds. The number of rotatable bonds is 6. The maximum Gasteiger partial charge on any atom is 0.253 e. The molecule has 0 aliphatic carbocycles. The molecule has 4 rings (SSSR count). The van der Waals surface area contributed by atoms with Crippen molar-refractivity contribution >= 4 is 45.6 Å². The molecule has 34 heavy (non-hydrogen) atoms. The number of benzene rings is 4. The van der Waals surface area contributed by atoms with Gasteiger partial charge in [0.1, 0.15) is 0 Å². The fourth-order valence-electron chi connectivity index (χ4n) is 3.83. The fraction of sp³-hybridized carbons (Fsp3) is 0.107. The summed E-state index contributed by atoms with van der Waals surface area (Å²) in [5.74, 6) is -0.460. The number of carbonyl (C=O) groups is 2. The largest absolute Gasteiger partial charge is 0.345 e. The summed E-state index contributed by atoms with van der Waals surface area (Å²) in [7, 11) is 0. The summed E-state index contributed by atoms with van der Waals surface area (Å²) in [6.07, 6.45) is 0.194. The minimum atomic E-state index is -0.232. The van der Waals surface area contributed by atoms with E-state index in [9.17, 15) is 9.59 Å². The number of nitrogens with one attached hydrogen (secondary N) is 3. The van der Waals surface area contributed by atoms with Crippen LogP contribution >= 0.6 is 12.2 Å². The summed E-state index contributed by atoms with van der Waals surface area (Å²) >= 11 is 5.36. The monoisotopic (exact) mass is 467 g/mol. The van der Waals surface area contributed by atoms with Gasteiger partial charge < -0.3 is 16.0 Å². The molecule has 1 unspecified atom stereocenters. The Balaban J connectivity index is 1.40. The van der Waals surface area contributed by atoms with E-state index in [0.717, 1.165) is 21.9 Å². The van der Waals surface area contributed by atoms with Crippen LogP contribution in [0.15, 0.2) is 97.1 Å². The van der Waals surface area contributed by atoms with Crippen molar-refractivity contribution in [3.8, 4) is 0 Å². The molecule has 0 aromatic heterocycles. The van der Waals surface area contributed by atoms with Crippen LogP contribution in [0.4, 0.5) is 5.69 Å². The van der Waals surface area contributed by atoms with Gasteiger partial charge in [-0.1, -0.05) is 84.9 Å². The number of anilines is 1. The third kappa shape index (κ3) is 5.66. The second-order valence-electron chi connectivity index (χ2n) is 7.97. The molecule has 6 heteroatoms. The number of hydrogen-bond donors (Lipinski definition) is 3. The molecule has 0 bridgehead atoms. The summed E-state index contributed by atoms with van der Waals surface area (Å²) in [5, 5.41) is 11.0. The van der Waals surface area contributed by atoms with E-state index in [1.807, 2.05) is 79.7 Å². The van der Waals surface area contributed by atoms with Crippen LogP contribution in [0.25, 0.3) is 10.8 Å². The lowest BCUT2D eigenvalue weighted by Gasteiger charge is -2.17. The van der Waals surface area contributed by atoms with Crippen LogP contribution in [-0.2, 0) is 11.2 Å². The molecule has 4 aromatic carbocycles. The van der Waals surface area contributed by atoms with Crippen molar-refractivity contribution in [3.05, 3.63) is 114 Å². The lowest BCUT2D eigenvalue weighted by atomic mass is 10.0. The van der Waals surface area contributed by atoms with Gasteiger partial charge in [-0.15, -0.1) is 0 Å². The van der Waals surface area contributed by atoms with Crippen molar-refractivity contribution in [2.45, 2.75) is 19.4 Å². The summed E-state index contributed by atoms with van der Waals surface area (Å²) < 4.78 is 0. The maximum atomic E-state index is 12.9. The molecule has 4 aromatic rings. The average molecular weight is 468 g/mol. The van der Waals surface area contributed by atoms with Gasteiger partial charge >= 0.3 is 0 Å². The van der Waals surface area contributed by atoms with Crippen LogP contribution in [0.1, 0.15) is 34.5 Å². The van der Waals surface area contributed by atoms with Crippen LogP contribution in [-0.4, -0.2) is 16.9 Å². The van der Waals surface area contributed by atoms with Crippen molar-refractivity contribution in [1.29, 1.82) is 0 Å². The maximum absolute atomic E-state index is 12.9. The Bertz CT molecular complexity index is 1330. The highest BCUT2D eigenvalue weighted by Gasteiger charge is 2.16. The summed E-state index contributed by atoms with van der Waals surface area (Å²) in [5.41, 5.74) is 2.90. The van der Waals surface area contributed by atoms with Gasteiger partial charge in [0.25, 0.3) is 5.91 Å². The smallest absolute Gasteiger partial charge is 0.253 e. The minimum Gasteiger partial charge on any atom is -0.345 e. The molecule has 1 atom stereocenters. The van der Waals surface area contributed by atoms with Gasteiger partial charge in [0.2, 0.25) is 5.91 Å². The van der Waals surface area contributed by atoms with Crippen LogP contribution in [0.5, 0.6) is 0 Å². The Kier molecular flexibility index (Phi) is 7.30. The van der Waals surface area contributed by atoms with Gasteiger partial charge in [-0.2, -0.15) is 0 Å². The number of para-hydroxylation sites is 1. The predicted molar refractivity (Wildman–Crippen MR) is 141 cm³/mol. The van der Waals surface area contributed by atoms with E-state index in [1.165, 1.54) is 0 Å². The molecular formula is C28H25N3O2S. The van der Waals surface area contributed by atoms with Gasteiger partial charge in [-0.3, -0.25) is 9.59 Å². The Morgan fingerprint density at radius 2 is 1.50 bits per heavy atom. The zero-order valence-corrected chi connectivity index (χ0v) is 19.6. The first-order valence-corrected chi connectivity index (χ1v) is 11.4. The second kappa shape index (κ2) is 10.7. The summed E-state index contributed by atoms with van der Waals surface area (Å²) in [6, 6.07) is 30.5. The second-order valence-corrected chi connectivity index (χ2v) is 8.38. The average Bonchev–Trinajstić information content (AvgIpc) is 2.85. The molecule has 0 heterocycles. The first-order valence-electron chi connectivity index (χ1n) is 11.0. The topological polar surface area (TPSA) is 70.2 Å². The number of carbonyl (C=O) groups excluding carboxylic acids is 2. The fourth-order valence-corrected chi connectivity index (χ4v) is 4.06. The van der Waals surface area contributed by atoms with Gasteiger partial charge in [0.15, 0.2) is 5.11 Å². The quantitative estimate of drug-likeness (QED) is 0.333. The highest BCUT2D eigenvalue weighted by Crippen LogP contribution is 2.20. The molecule has 0 aliphatic heterocycles.